The van der Waals surface area contributed by atoms with Crippen molar-refractivity contribution in [2.75, 3.05) is 18.0 Å². The van der Waals surface area contributed by atoms with E-state index in [1.807, 2.05) is 17.7 Å². The molecular weight excluding hydrogens is 354 g/mol. The standard InChI is InChI=1S/C18H24N5S.ClH/c1-6-23(7-2)16-12-21(4)18(24-16)20-19-17-13(3)22(5)15-11-9-8-10-14(15)17;/h8-12H,6-7H2,1-5H3;1H/q+1;/p-1. The summed E-state index contributed by atoms with van der Waals surface area (Å²) in [5.41, 5.74) is 3.26. The van der Waals surface area contributed by atoms with Gasteiger partial charge in [-0.05, 0) is 43.3 Å². The summed E-state index contributed by atoms with van der Waals surface area (Å²) >= 11 is 1.68. The summed E-state index contributed by atoms with van der Waals surface area (Å²) in [6.07, 6.45) is 2.13. The first-order valence-electron chi connectivity index (χ1n) is 8.27. The summed E-state index contributed by atoms with van der Waals surface area (Å²) in [5.74, 6) is 0. The summed E-state index contributed by atoms with van der Waals surface area (Å²) in [7, 11) is 4.09. The molecule has 25 heavy (non-hydrogen) atoms. The van der Waals surface area contributed by atoms with Crippen LogP contribution in [0.4, 0.5) is 15.8 Å². The van der Waals surface area contributed by atoms with Crippen LogP contribution in [0.25, 0.3) is 10.9 Å². The zero-order valence-electron chi connectivity index (χ0n) is 15.3. The zero-order chi connectivity index (χ0) is 17.3. The number of nitrogens with zero attached hydrogens (tertiary/aromatic N) is 5. The van der Waals surface area contributed by atoms with Gasteiger partial charge in [0.2, 0.25) is 0 Å². The predicted molar refractivity (Wildman–Crippen MR) is 101 cm³/mol. The molecule has 3 aromatic rings. The van der Waals surface area contributed by atoms with Crippen LogP contribution in [0.3, 0.4) is 0 Å². The van der Waals surface area contributed by atoms with Gasteiger partial charge in [-0.25, -0.2) is 4.57 Å². The number of rotatable bonds is 5. The third-order valence-electron chi connectivity index (χ3n) is 4.48. The van der Waals surface area contributed by atoms with Crippen molar-refractivity contribution in [1.82, 2.24) is 4.57 Å². The molecule has 134 valence electrons. The molecule has 3 rings (SSSR count). The van der Waals surface area contributed by atoms with E-state index in [-0.39, 0.29) is 12.4 Å². The Kier molecular flexibility index (Phi) is 6.19. The van der Waals surface area contributed by atoms with Gasteiger partial charge in [0.15, 0.2) is 0 Å². The topological polar surface area (TPSA) is 36.8 Å². The molecular formula is C18H24ClN5S. The summed E-state index contributed by atoms with van der Waals surface area (Å²) in [6.45, 7) is 8.42. The van der Waals surface area contributed by atoms with E-state index in [9.17, 15) is 0 Å². The molecule has 5 nitrogen and oxygen atoms in total. The third kappa shape index (κ3) is 3.55. The molecule has 0 unspecified atom stereocenters. The van der Waals surface area contributed by atoms with Gasteiger partial charge in [0.25, 0.3) is 0 Å². The first-order chi connectivity index (χ1) is 11.6. The molecule has 0 N–H and O–H groups in total. The SMILES string of the molecule is CCN(CC)c1c[n+](C)c(/N=N/c2c(C)n(C)c3ccccc23)s1.[Cl-]. The number of azo groups is 1. The Bertz CT molecular complexity index is 892. The second kappa shape index (κ2) is 7.97. The maximum atomic E-state index is 4.59. The number of benzene rings is 1. The quantitative estimate of drug-likeness (QED) is 0.492. The molecule has 0 radical (unpaired) electrons. The first kappa shape index (κ1) is 19.4. The molecule has 0 aliphatic carbocycles. The number of fused-ring (bicyclic) bond motifs is 1. The molecule has 0 aliphatic rings. The number of anilines is 1. The summed E-state index contributed by atoms with van der Waals surface area (Å²) in [4.78, 5) is 2.33. The lowest BCUT2D eigenvalue weighted by Gasteiger charge is -2.16. The highest BCUT2D eigenvalue weighted by molar-refractivity contribution is 7.18. The molecule has 0 saturated carbocycles. The Morgan fingerprint density at radius 2 is 1.84 bits per heavy atom. The van der Waals surface area contributed by atoms with Gasteiger partial charge in [0.05, 0.1) is 17.7 Å². The van der Waals surface area contributed by atoms with E-state index in [4.69, 9.17) is 0 Å². The molecule has 2 aromatic heterocycles. The first-order valence-corrected chi connectivity index (χ1v) is 9.08. The molecule has 0 bridgehead atoms. The lowest BCUT2D eigenvalue weighted by atomic mass is 10.2. The van der Waals surface area contributed by atoms with Gasteiger partial charge in [0, 0.05) is 31.2 Å². The van der Waals surface area contributed by atoms with Crippen LogP contribution in [-0.4, -0.2) is 17.7 Å². The fraction of sp³-hybridized carbons (Fsp3) is 0.389. The maximum Gasteiger partial charge on any atom is 0.410 e. The van der Waals surface area contributed by atoms with E-state index in [0.717, 1.165) is 35.0 Å². The van der Waals surface area contributed by atoms with Crippen molar-refractivity contribution in [1.29, 1.82) is 0 Å². The number of hydrogen-bond donors (Lipinski definition) is 0. The molecule has 0 spiro atoms. The number of aromatic nitrogens is 2. The van der Waals surface area contributed by atoms with Gasteiger partial charge in [-0.15, -0.1) is 0 Å². The van der Waals surface area contributed by atoms with E-state index in [1.54, 1.807) is 11.3 Å². The van der Waals surface area contributed by atoms with Crippen molar-refractivity contribution in [3.05, 3.63) is 36.2 Å². The van der Waals surface area contributed by atoms with Crippen molar-refractivity contribution in [2.24, 2.45) is 24.3 Å². The minimum absolute atomic E-state index is 0. The van der Waals surface area contributed by atoms with Crippen LogP contribution >= 0.6 is 11.3 Å². The van der Waals surface area contributed by atoms with Crippen LogP contribution in [0.1, 0.15) is 19.5 Å². The zero-order valence-corrected chi connectivity index (χ0v) is 16.9. The third-order valence-corrected chi connectivity index (χ3v) is 5.60. The number of para-hydroxylation sites is 1. The summed E-state index contributed by atoms with van der Waals surface area (Å²) in [5, 5.41) is 12.4. The smallest absolute Gasteiger partial charge is 0.410 e. The van der Waals surface area contributed by atoms with Crippen molar-refractivity contribution in [3.63, 3.8) is 0 Å². The van der Waals surface area contributed by atoms with Crippen LogP contribution in [0, 0.1) is 6.92 Å². The molecule has 2 heterocycles. The minimum Gasteiger partial charge on any atom is -1.00 e. The highest BCUT2D eigenvalue weighted by atomic mass is 35.5. The Balaban J connectivity index is 0.00000225. The Labute approximate surface area is 159 Å². The van der Waals surface area contributed by atoms with E-state index >= 15 is 0 Å². The molecule has 0 atom stereocenters. The van der Waals surface area contributed by atoms with Crippen LogP contribution in [0.15, 0.2) is 40.7 Å². The highest BCUT2D eigenvalue weighted by Gasteiger charge is 2.18. The fourth-order valence-corrected chi connectivity index (χ4v) is 3.97. The molecule has 0 fully saturated rings. The van der Waals surface area contributed by atoms with Crippen LogP contribution in [0.2, 0.25) is 0 Å². The van der Waals surface area contributed by atoms with E-state index in [2.05, 4.69) is 71.9 Å². The Hall–Kier alpha value is -1.92. The summed E-state index contributed by atoms with van der Waals surface area (Å²) < 4.78 is 4.21. The average molecular weight is 378 g/mol. The number of halogens is 1. The minimum atomic E-state index is 0. The van der Waals surface area contributed by atoms with Gasteiger partial charge in [-0.3, -0.25) is 0 Å². The largest absolute Gasteiger partial charge is 1.00 e. The van der Waals surface area contributed by atoms with Crippen LogP contribution < -0.4 is 21.9 Å². The lowest BCUT2D eigenvalue weighted by Crippen LogP contribution is -3.00. The number of thiazole rings is 1. The van der Waals surface area contributed by atoms with Gasteiger partial charge < -0.3 is 21.9 Å². The van der Waals surface area contributed by atoms with Gasteiger partial charge in [-0.2, -0.15) is 0 Å². The Morgan fingerprint density at radius 3 is 2.52 bits per heavy atom. The lowest BCUT2D eigenvalue weighted by molar-refractivity contribution is -0.653. The monoisotopic (exact) mass is 377 g/mol. The van der Waals surface area contributed by atoms with Gasteiger partial charge in [0.1, 0.15) is 16.9 Å². The molecule has 0 saturated heterocycles. The second-order valence-corrected chi connectivity index (χ2v) is 6.83. The summed E-state index contributed by atoms with van der Waals surface area (Å²) in [6, 6.07) is 8.32. The maximum absolute atomic E-state index is 4.59. The molecule has 7 heteroatoms. The van der Waals surface area contributed by atoms with E-state index in [1.165, 1.54) is 10.5 Å². The number of hydrogen-bond acceptors (Lipinski definition) is 4. The molecule has 1 aromatic carbocycles. The van der Waals surface area contributed by atoms with Gasteiger partial charge >= 0.3 is 5.13 Å². The van der Waals surface area contributed by atoms with Crippen molar-refractivity contribution < 1.29 is 17.0 Å². The highest BCUT2D eigenvalue weighted by Crippen LogP contribution is 2.34. The second-order valence-electron chi connectivity index (χ2n) is 5.85. The molecule has 0 amide bonds. The predicted octanol–water partition coefficient (Wildman–Crippen LogP) is 1.64. The van der Waals surface area contributed by atoms with Gasteiger partial charge in [-0.1, -0.05) is 18.2 Å². The van der Waals surface area contributed by atoms with Crippen LogP contribution in [0.5, 0.6) is 0 Å². The van der Waals surface area contributed by atoms with Crippen LogP contribution in [-0.2, 0) is 14.1 Å². The Morgan fingerprint density at radius 1 is 1.16 bits per heavy atom. The van der Waals surface area contributed by atoms with E-state index < -0.39 is 0 Å². The van der Waals surface area contributed by atoms with E-state index in [0.29, 0.717) is 0 Å². The van der Waals surface area contributed by atoms with Crippen molar-refractivity contribution >= 4 is 38.1 Å². The van der Waals surface area contributed by atoms with Crippen molar-refractivity contribution in [2.45, 2.75) is 20.8 Å². The number of aryl methyl sites for hydroxylation is 2. The molecule has 0 aliphatic heterocycles. The average Bonchev–Trinajstić information content (AvgIpc) is 3.07. The normalized spacial score (nSPS) is 11.2. The fourth-order valence-electron chi connectivity index (χ4n) is 2.90. The van der Waals surface area contributed by atoms with Crippen molar-refractivity contribution in [3.8, 4) is 0 Å².